The van der Waals surface area contributed by atoms with Crippen LogP contribution >= 0.6 is 0 Å². The fourth-order valence-corrected chi connectivity index (χ4v) is 2.10. The lowest BCUT2D eigenvalue weighted by molar-refractivity contribution is -0.120. The molecule has 7 heteroatoms. The van der Waals surface area contributed by atoms with E-state index in [1.54, 1.807) is 17.9 Å². The zero-order valence-corrected chi connectivity index (χ0v) is 11.5. The molecule has 0 saturated carbocycles. The summed E-state index contributed by atoms with van der Waals surface area (Å²) in [7, 11) is 1.75. The summed E-state index contributed by atoms with van der Waals surface area (Å²) in [5, 5.41) is 11.6. The number of anilines is 1. The second kappa shape index (κ2) is 5.28. The monoisotopic (exact) mass is 285 g/mol. The lowest BCUT2D eigenvalue weighted by atomic mass is 10.1. The van der Waals surface area contributed by atoms with Crippen molar-refractivity contribution in [2.45, 2.75) is 13.0 Å². The number of carbonyl (C=O) groups excluding carboxylic acids is 1. The van der Waals surface area contributed by atoms with Crippen molar-refractivity contribution in [3.05, 3.63) is 41.7 Å². The molecule has 7 nitrogen and oxygen atoms in total. The number of aryl methyl sites for hydroxylation is 1. The van der Waals surface area contributed by atoms with E-state index in [1.165, 1.54) is 0 Å². The lowest BCUT2D eigenvalue weighted by Crippen LogP contribution is -2.25. The predicted octanol–water partition coefficient (Wildman–Crippen LogP) is 1.00. The smallest absolute Gasteiger partial charge is 0.226 e. The largest absolute Gasteiger partial charge is 0.384 e. The minimum absolute atomic E-state index is 0.141. The van der Waals surface area contributed by atoms with E-state index in [4.69, 9.17) is 10.3 Å². The molecule has 1 amide bonds. The van der Waals surface area contributed by atoms with Gasteiger partial charge in [-0.2, -0.15) is 5.10 Å². The average Bonchev–Trinajstić information content (AvgIpc) is 3.03. The zero-order chi connectivity index (χ0) is 14.8. The van der Waals surface area contributed by atoms with Crippen LogP contribution in [-0.2, 0) is 24.8 Å². The molecule has 0 aliphatic rings. The van der Waals surface area contributed by atoms with Crippen LogP contribution in [0.2, 0.25) is 0 Å². The number of nitrogens with zero attached hydrogens (tertiary/aromatic N) is 3. The summed E-state index contributed by atoms with van der Waals surface area (Å²) in [5.74, 6) is 0.402. The first-order chi connectivity index (χ1) is 10.1. The Bertz CT molecular complexity index is 790. The molecule has 0 radical (unpaired) electrons. The normalized spacial score (nSPS) is 10.9. The lowest BCUT2D eigenvalue weighted by Gasteiger charge is -2.03. The Balaban J connectivity index is 1.65. The molecule has 2 heterocycles. The molecule has 0 bridgehead atoms. The van der Waals surface area contributed by atoms with Crippen molar-refractivity contribution >= 4 is 22.7 Å². The van der Waals surface area contributed by atoms with Crippen LogP contribution in [0, 0.1) is 0 Å². The highest BCUT2D eigenvalue weighted by Crippen LogP contribution is 2.18. The number of hydrogen-bond donors (Lipinski definition) is 2. The first kappa shape index (κ1) is 13.2. The van der Waals surface area contributed by atoms with Crippen LogP contribution < -0.4 is 11.1 Å². The van der Waals surface area contributed by atoms with E-state index in [9.17, 15) is 4.79 Å². The van der Waals surface area contributed by atoms with E-state index in [-0.39, 0.29) is 12.3 Å². The summed E-state index contributed by atoms with van der Waals surface area (Å²) < 4.78 is 6.73. The maximum Gasteiger partial charge on any atom is 0.226 e. The van der Waals surface area contributed by atoms with Gasteiger partial charge in [-0.1, -0.05) is 17.3 Å². The highest BCUT2D eigenvalue weighted by atomic mass is 16.5. The van der Waals surface area contributed by atoms with Gasteiger partial charge in [0.05, 0.1) is 12.6 Å². The molecule has 0 aliphatic heterocycles. The highest BCUT2D eigenvalue weighted by Gasteiger charge is 2.12. The summed E-state index contributed by atoms with van der Waals surface area (Å²) in [6, 6.07) is 7.45. The van der Waals surface area contributed by atoms with Gasteiger partial charge in [-0.3, -0.25) is 9.48 Å². The maximum atomic E-state index is 12.0. The van der Waals surface area contributed by atoms with Crippen LogP contribution in [0.3, 0.4) is 0 Å². The SMILES string of the molecule is Cn1ncc(CNC(=O)Cc2noc3ccccc23)c1N. The van der Waals surface area contributed by atoms with Gasteiger partial charge >= 0.3 is 0 Å². The van der Waals surface area contributed by atoms with Crippen molar-refractivity contribution in [3.8, 4) is 0 Å². The van der Waals surface area contributed by atoms with Gasteiger partial charge in [-0.25, -0.2) is 0 Å². The molecular formula is C14H15N5O2. The van der Waals surface area contributed by atoms with E-state index in [1.807, 2.05) is 24.3 Å². The molecule has 2 aromatic heterocycles. The zero-order valence-electron chi connectivity index (χ0n) is 11.5. The standard InChI is InChI=1S/C14H15N5O2/c1-19-14(15)9(8-17-19)7-16-13(20)6-11-10-4-2-3-5-12(10)21-18-11/h2-5,8H,6-7,15H2,1H3,(H,16,20). The number of aromatic nitrogens is 3. The number of hydrogen-bond acceptors (Lipinski definition) is 5. The summed E-state index contributed by atoms with van der Waals surface area (Å²) >= 11 is 0. The number of fused-ring (bicyclic) bond motifs is 1. The third kappa shape index (κ3) is 2.58. The fraction of sp³-hybridized carbons (Fsp3) is 0.214. The van der Waals surface area contributed by atoms with Crippen LogP contribution in [-0.4, -0.2) is 20.8 Å². The third-order valence-corrected chi connectivity index (χ3v) is 3.32. The Labute approximate surface area is 120 Å². The molecule has 0 aliphatic carbocycles. The van der Waals surface area contributed by atoms with Gasteiger partial charge in [0.15, 0.2) is 5.58 Å². The van der Waals surface area contributed by atoms with E-state index >= 15 is 0 Å². The molecule has 3 rings (SSSR count). The minimum Gasteiger partial charge on any atom is -0.384 e. The summed E-state index contributed by atoms with van der Waals surface area (Å²) in [4.78, 5) is 12.0. The van der Waals surface area contributed by atoms with Crippen LogP contribution in [0.15, 0.2) is 35.0 Å². The minimum atomic E-state index is -0.141. The number of amides is 1. The quantitative estimate of drug-likeness (QED) is 0.745. The molecule has 1 aromatic carbocycles. The van der Waals surface area contributed by atoms with Crippen molar-refractivity contribution in [2.75, 3.05) is 5.73 Å². The van der Waals surface area contributed by atoms with Gasteiger partial charge in [0.1, 0.15) is 11.5 Å². The molecule has 0 spiro atoms. The Kier molecular flexibility index (Phi) is 3.31. The Morgan fingerprint density at radius 2 is 2.24 bits per heavy atom. The number of carbonyl (C=O) groups is 1. The summed E-state index contributed by atoms with van der Waals surface area (Å²) in [6.07, 6.45) is 1.80. The second-order valence-electron chi connectivity index (χ2n) is 4.76. The van der Waals surface area contributed by atoms with E-state index in [0.717, 1.165) is 10.9 Å². The first-order valence-corrected chi connectivity index (χ1v) is 6.51. The molecule has 108 valence electrons. The molecule has 0 unspecified atom stereocenters. The molecule has 3 N–H and O–H groups in total. The van der Waals surface area contributed by atoms with Gasteiger partial charge in [0, 0.05) is 24.5 Å². The van der Waals surface area contributed by atoms with Crippen molar-refractivity contribution in [3.63, 3.8) is 0 Å². The summed E-state index contributed by atoms with van der Waals surface area (Å²) in [6.45, 7) is 0.342. The van der Waals surface area contributed by atoms with Gasteiger partial charge < -0.3 is 15.6 Å². The summed E-state index contributed by atoms with van der Waals surface area (Å²) in [5.41, 5.74) is 7.91. The number of rotatable bonds is 4. The van der Waals surface area contributed by atoms with Crippen molar-refractivity contribution in [2.24, 2.45) is 7.05 Å². The Morgan fingerprint density at radius 3 is 3.00 bits per heavy atom. The predicted molar refractivity (Wildman–Crippen MR) is 77.2 cm³/mol. The Morgan fingerprint density at radius 1 is 1.43 bits per heavy atom. The number of benzene rings is 1. The van der Waals surface area contributed by atoms with Gasteiger partial charge in [0.2, 0.25) is 5.91 Å². The topological polar surface area (TPSA) is 99.0 Å². The van der Waals surface area contributed by atoms with Crippen molar-refractivity contribution in [1.29, 1.82) is 0 Å². The van der Waals surface area contributed by atoms with Crippen molar-refractivity contribution in [1.82, 2.24) is 20.3 Å². The van der Waals surface area contributed by atoms with E-state index < -0.39 is 0 Å². The van der Waals surface area contributed by atoms with Crippen LogP contribution in [0.25, 0.3) is 11.0 Å². The van der Waals surface area contributed by atoms with Gasteiger partial charge in [-0.15, -0.1) is 0 Å². The molecule has 21 heavy (non-hydrogen) atoms. The van der Waals surface area contributed by atoms with E-state index in [2.05, 4.69) is 15.6 Å². The van der Waals surface area contributed by atoms with Gasteiger partial charge in [-0.05, 0) is 12.1 Å². The number of nitrogen functional groups attached to an aromatic ring is 1. The average molecular weight is 285 g/mol. The molecule has 0 fully saturated rings. The first-order valence-electron chi connectivity index (χ1n) is 6.51. The maximum absolute atomic E-state index is 12.0. The molecule has 0 atom stereocenters. The second-order valence-corrected chi connectivity index (χ2v) is 4.76. The van der Waals surface area contributed by atoms with Gasteiger partial charge in [0.25, 0.3) is 0 Å². The molecular weight excluding hydrogens is 270 g/mol. The molecule has 0 saturated heterocycles. The highest BCUT2D eigenvalue weighted by molar-refractivity contribution is 5.86. The number of nitrogens with one attached hydrogen (secondary N) is 1. The van der Waals surface area contributed by atoms with E-state index in [0.29, 0.717) is 23.6 Å². The number of nitrogens with two attached hydrogens (primary N) is 1. The Hall–Kier alpha value is -2.83. The van der Waals surface area contributed by atoms with Crippen LogP contribution in [0.1, 0.15) is 11.3 Å². The van der Waals surface area contributed by atoms with Crippen LogP contribution in [0.4, 0.5) is 5.82 Å². The third-order valence-electron chi connectivity index (χ3n) is 3.32. The molecule has 3 aromatic rings. The van der Waals surface area contributed by atoms with Crippen LogP contribution in [0.5, 0.6) is 0 Å². The van der Waals surface area contributed by atoms with Crippen molar-refractivity contribution < 1.29 is 9.32 Å². The number of para-hydroxylation sites is 1. The fourth-order valence-electron chi connectivity index (χ4n) is 2.10.